The molecule has 0 spiro atoms. The molecule has 1 aromatic carbocycles. The number of benzene rings is 1. The first-order chi connectivity index (χ1) is 16.3. The number of anilines is 2. The molecule has 1 N–H and O–H groups in total. The molecule has 1 aromatic heterocycles. The van der Waals surface area contributed by atoms with Crippen LogP contribution in [-0.4, -0.2) is 52.6 Å². The van der Waals surface area contributed by atoms with Gasteiger partial charge in [-0.15, -0.1) is 0 Å². The van der Waals surface area contributed by atoms with Crippen LogP contribution in [0.3, 0.4) is 0 Å². The van der Waals surface area contributed by atoms with E-state index in [1.807, 2.05) is 13.8 Å². The highest BCUT2D eigenvalue weighted by atomic mass is 19.1. The Bertz CT molecular complexity index is 1070. The van der Waals surface area contributed by atoms with Crippen molar-refractivity contribution in [3.8, 4) is 0 Å². The first kappa shape index (κ1) is 23.8. The maximum Gasteiger partial charge on any atom is 0.416 e. The molecule has 2 atom stereocenters. The highest BCUT2D eigenvalue weighted by molar-refractivity contribution is 5.94. The number of hydrogen-bond donors (Lipinski definition) is 1. The lowest BCUT2D eigenvalue weighted by atomic mass is 10.0. The van der Waals surface area contributed by atoms with Gasteiger partial charge < -0.3 is 15.0 Å². The van der Waals surface area contributed by atoms with E-state index in [0.717, 1.165) is 25.5 Å². The summed E-state index contributed by atoms with van der Waals surface area (Å²) in [5, 5.41) is 3.02. The molecule has 2 amide bonds. The molecular weight excluding hydrogens is 444 g/mol. The van der Waals surface area contributed by atoms with E-state index >= 15 is 0 Å². The zero-order valence-electron chi connectivity index (χ0n) is 19.6. The van der Waals surface area contributed by atoms with Gasteiger partial charge in [0.1, 0.15) is 12.4 Å². The first-order valence-electron chi connectivity index (χ1n) is 11.6. The fourth-order valence-electron chi connectivity index (χ4n) is 4.29. The number of piperidine rings is 1. The van der Waals surface area contributed by atoms with E-state index in [-0.39, 0.29) is 41.8 Å². The molecule has 34 heavy (non-hydrogen) atoms. The van der Waals surface area contributed by atoms with Crippen LogP contribution in [0, 0.1) is 17.6 Å². The molecule has 2 fully saturated rings. The molecule has 4 rings (SSSR count). The van der Waals surface area contributed by atoms with Crippen molar-refractivity contribution in [3.05, 3.63) is 47.2 Å². The molecule has 2 saturated heterocycles. The summed E-state index contributed by atoms with van der Waals surface area (Å²) in [5.41, 5.74) is 0.619. The number of nitrogens with zero attached hydrogens (tertiary/aromatic N) is 4. The van der Waals surface area contributed by atoms with E-state index in [2.05, 4.69) is 15.3 Å². The van der Waals surface area contributed by atoms with E-state index in [4.69, 9.17) is 4.74 Å². The van der Waals surface area contributed by atoms with Gasteiger partial charge in [-0.1, -0.05) is 19.9 Å². The normalized spacial score (nSPS) is 19.4. The van der Waals surface area contributed by atoms with E-state index in [1.165, 1.54) is 17.0 Å². The van der Waals surface area contributed by atoms with Gasteiger partial charge >= 0.3 is 6.09 Å². The van der Waals surface area contributed by atoms with Crippen molar-refractivity contribution in [2.24, 2.45) is 5.92 Å². The van der Waals surface area contributed by atoms with Gasteiger partial charge in [0, 0.05) is 13.1 Å². The molecule has 2 aliphatic rings. The predicted octanol–water partition coefficient (Wildman–Crippen LogP) is 4.54. The SMILES string of the molecule is CC(C)C1COC(=O)N1c1nc(N[C@@H](C)c2ccc(C(=O)N3CCCCC3)c(F)c2)ncc1F. The van der Waals surface area contributed by atoms with Gasteiger partial charge in [0.15, 0.2) is 11.6 Å². The Morgan fingerprint density at radius 1 is 1.15 bits per heavy atom. The first-order valence-corrected chi connectivity index (χ1v) is 11.6. The Hall–Kier alpha value is -3.30. The number of nitrogens with one attached hydrogen (secondary N) is 1. The van der Waals surface area contributed by atoms with Gasteiger partial charge in [-0.05, 0) is 49.8 Å². The van der Waals surface area contributed by atoms with Crippen LogP contribution in [0.2, 0.25) is 0 Å². The third kappa shape index (κ3) is 4.80. The molecule has 3 heterocycles. The summed E-state index contributed by atoms with van der Waals surface area (Å²) >= 11 is 0. The average Bonchev–Trinajstić information content (AvgIpc) is 3.21. The molecule has 182 valence electrons. The lowest BCUT2D eigenvalue weighted by molar-refractivity contribution is 0.0719. The largest absolute Gasteiger partial charge is 0.447 e. The fourth-order valence-corrected chi connectivity index (χ4v) is 4.29. The number of likely N-dealkylation sites (tertiary alicyclic amines) is 1. The van der Waals surface area contributed by atoms with Crippen molar-refractivity contribution in [1.82, 2.24) is 14.9 Å². The topological polar surface area (TPSA) is 87.7 Å². The van der Waals surface area contributed by atoms with Crippen LogP contribution in [-0.2, 0) is 4.74 Å². The number of rotatable bonds is 6. The zero-order chi connectivity index (χ0) is 24.4. The predicted molar refractivity (Wildman–Crippen MR) is 123 cm³/mol. The molecule has 2 aromatic rings. The second kappa shape index (κ2) is 9.90. The van der Waals surface area contributed by atoms with Crippen molar-refractivity contribution in [2.45, 2.75) is 52.1 Å². The Kier molecular flexibility index (Phi) is 6.95. The van der Waals surface area contributed by atoms with Crippen molar-refractivity contribution >= 4 is 23.8 Å². The summed E-state index contributed by atoms with van der Waals surface area (Å²) in [6.07, 6.45) is 3.27. The van der Waals surface area contributed by atoms with E-state index < -0.39 is 23.8 Å². The summed E-state index contributed by atoms with van der Waals surface area (Å²) in [5.74, 6) is -1.69. The molecule has 0 bridgehead atoms. The number of hydrogen-bond acceptors (Lipinski definition) is 6. The summed E-state index contributed by atoms with van der Waals surface area (Å²) in [4.78, 5) is 35.9. The third-order valence-electron chi connectivity index (χ3n) is 6.34. The number of carbonyl (C=O) groups is 2. The van der Waals surface area contributed by atoms with Crippen LogP contribution in [0.4, 0.5) is 25.3 Å². The number of halogens is 2. The van der Waals surface area contributed by atoms with Gasteiger partial charge in [-0.2, -0.15) is 4.98 Å². The van der Waals surface area contributed by atoms with Gasteiger partial charge in [0.25, 0.3) is 5.91 Å². The summed E-state index contributed by atoms with van der Waals surface area (Å²) in [6, 6.07) is 3.69. The van der Waals surface area contributed by atoms with Crippen LogP contribution in [0.15, 0.2) is 24.4 Å². The smallest absolute Gasteiger partial charge is 0.416 e. The Labute approximate surface area is 197 Å². The van der Waals surface area contributed by atoms with Gasteiger partial charge in [0.05, 0.1) is 23.8 Å². The Balaban J connectivity index is 1.51. The summed E-state index contributed by atoms with van der Waals surface area (Å²) < 4.78 is 34.4. The third-order valence-corrected chi connectivity index (χ3v) is 6.34. The standard InChI is InChI=1S/C24H29F2N5O3/c1-14(2)20-13-34-24(33)31(20)21-19(26)12-27-23(29-21)28-15(3)16-7-8-17(18(25)11-16)22(32)30-9-5-4-6-10-30/h7-8,11-12,14-15,20H,4-6,9-10,13H2,1-3H3,(H,27,28,29)/t15-,20?/m0/s1. The molecule has 0 radical (unpaired) electrons. The molecule has 0 saturated carbocycles. The number of carbonyl (C=O) groups excluding carboxylic acids is 2. The highest BCUT2D eigenvalue weighted by Crippen LogP contribution is 2.29. The molecule has 1 unspecified atom stereocenters. The number of amides is 2. The lowest BCUT2D eigenvalue weighted by Gasteiger charge is -2.27. The number of ether oxygens (including phenoxy) is 1. The number of cyclic esters (lactones) is 1. The summed E-state index contributed by atoms with van der Waals surface area (Å²) in [6.45, 7) is 7.03. The van der Waals surface area contributed by atoms with Crippen molar-refractivity contribution < 1.29 is 23.1 Å². The quantitative estimate of drug-likeness (QED) is 0.663. The van der Waals surface area contributed by atoms with Crippen LogP contribution in [0.25, 0.3) is 0 Å². The van der Waals surface area contributed by atoms with Crippen molar-refractivity contribution in [1.29, 1.82) is 0 Å². The van der Waals surface area contributed by atoms with E-state index in [1.54, 1.807) is 17.9 Å². The molecule has 10 heteroatoms. The summed E-state index contributed by atoms with van der Waals surface area (Å²) in [7, 11) is 0. The second-order valence-electron chi connectivity index (χ2n) is 9.08. The second-order valence-corrected chi connectivity index (χ2v) is 9.08. The molecule has 2 aliphatic heterocycles. The lowest BCUT2D eigenvalue weighted by Crippen LogP contribution is -2.38. The molecule has 0 aliphatic carbocycles. The van der Waals surface area contributed by atoms with E-state index in [0.29, 0.717) is 18.7 Å². The van der Waals surface area contributed by atoms with Crippen LogP contribution >= 0.6 is 0 Å². The minimum atomic E-state index is -0.741. The zero-order valence-corrected chi connectivity index (χ0v) is 19.6. The van der Waals surface area contributed by atoms with Crippen LogP contribution in [0.1, 0.15) is 62.0 Å². The van der Waals surface area contributed by atoms with Crippen molar-refractivity contribution in [3.63, 3.8) is 0 Å². The maximum absolute atomic E-state index is 14.8. The number of aromatic nitrogens is 2. The Morgan fingerprint density at radius 3 is 2.56 bits per heavy atom. The van der Waals surface area contributed by atoms with Crippen molar-refractivity contribution in [2.75, 3.05) is 29.9 Å². The fraction of sp³-hybridized carbons (Fsp3) is 0.500. The van der Waals surface area contributed by atoms with Gasteiger partial charge in [-0.3, -0.25) is 9.69 Å². The minimum absolute atomic E-state index is 0.0327. The molecular formula is C24H29F2N5O3. The highest BCUT2D eigenvalue weighted by Gasteiger charge is 2.39. The van der Waals surface area contributed by atoms with Gasteiger partial charge in [-0.25, -0.2) is 18.6 Å². The minimum Gasteiger partial charge on any atom is -0.447 e. The van der Waals surface area contributed by atoms with E-state index in [9.17, 15) is 18.4 Å². The monoisotopic (exact) mass is 473 g/mol. The average molecular weight is 474 g/mol. The van der Waals surface area contributed by atoms with Crippen LogP contribution in [0.5, 0.6) is 0 Å². The molecule has 8 nitrogen and oxygen atoms in total. The Morgan fingerprint density at radius 2 is 1.88 bits per heavy atom. The van der Waals surface area contributed by atoms with Gasteiger partial charge in [0.2, 0.25) is 5.95 Å². The van der Waals surface area contributed by atoms with Crippen LogP contribution < -0.4 is 10.2 Å². The maximum atomic E-state index is 14.8.